The minimum Gasteiger partial charge on any atom is -0.440 e. The van der Waals surface area contributed by atoms with Gasteiger partial charge >= 0.3 is 5.97 Å². The SMILES string of the molecule is C=CC[C@@]12O[C@@H](C[C@]1(C#N)OC(C)=O)[C@H](O[Si](CC)(CC)CC)[C@H]2O[Si](CC)(CC)CC. The maximum Gasteiger partial charge on any atom is 0.304 e. The Labute approximate surface area is 196 Å². The number of hydrogen-bond donors (Lipinski definition) is 0. The maximum atomic E-state index is 12.1. The van der Waals surface area contributed by atoms with E-state index in [1.807, 2.05) is 0 Å². The van der Waals surface area contributed by atoms with Gasteiger partial charge in [-0.15, -0.1) is 6.58 Å². The predicted molar refractivity (Wildman–Crippen MR) is 131 cm³/mol. The topological polar surface area (TPSA) is 77.8 Å². The Morgan fingerprint density at radius 2 is 1.56 bits per heavy atom. The van der Waals surface area contributed by atoms with Gasteiger partial charge in [0.1, 0.15) is 12.2 Å². The van der Waals surface area contributed by atoms with Crippen molar-refractivity contribution in [2.75, 3.05) is 0 Å². The standard InChI is InChI=1S/C24H43NO5Si2/c1-9-16-24-22(30-32(13-5,14-6)15-7)21(29-31(10-2,11-3)12-4)20(28-24)17-23(24,18-25)27-19(8)26/h9,20-22H,1,10-17H2,2-8H3/t20-,21-,22+,23+,24-/m0/s1. The van der Waals surface area contributed by atoms with Crippen LogP contribution in [0.1, 0.15) is 61.3 Å². The van der Waals surface area contributed by atoms with E-state index in [1.54, 1.807) is 6.08 Å². The normalized spacial score (nSPS) is 32.0. The summed E-state index contributed by atoms with van der Waals surface area (Å²) in [6.07, 6.45) is 1.38. The van der Waals surface area contributed by atoms with Gasteiger partial charge in [0.2, 0.25) is 5.60 Å². The van der Waals surface area contributed by atoms with Gasteiger partial charge in [-0.2, -0.15) is 5.26 Å². The van der Waals surface area contributed by atoms with Crippen molar-refractivity contribution in [1.82, 2.24) is 0 Å². The zero-order valence-electron chi connectivity index (χ0n) is 21.2. The number of fused-ring (bicyclic) bond motifs is 2. The summed E-state index contributed by atoms with van der Waals surface area (Å²) in [5.41, 5.74) is -2.50. The smallest absolute Gasteiger partial charge is 0.304 e. The third-order valence-corrected chi connectivity index (χ3v) is 17.5. The molecule has 0 aromatic heterocycles. The Bertz CT molecular complexity index is 701. The summed E-state index contributed by atoms with van der Waals surface area (Å²) >= 11 is 0. The first kappa shape index (κ1) is 27.3. The molecule has 0 N–H and O–H groups in total. The first-order chi connectivity index (χ1) is 15.2. The lowest BCUT2D eigenvalue weighted by Crippen LogP contribution is -2.67. The summed E-state index contributed by atoms with van der Waals surface area (Å²) in [7, 11) is -4.06. The molecule has 8 heteroatoms. The number of rotatable bonds is 13. The fraction of sp³-hybridized carbons (Fsp3) is 0.833. The van der Waals surface area contributed by atoms with Crippen molar-refractivity contribution in [2.45, 2.75) is 127 Å². The van der Waals surface area contributed by atoms with Crippen LogP contribution in [0.3, 0.4) is 0 Å². The zero-order chi connectivity index (χ0) is 24.2. The predicted octanol–water partition coefficient (Wildman–Crippen LogP) is 5.71. The molecule has 0 aliphatic carbocycles. The molecular formula is C24H43NO5Si2. The summed E-state index contributed by atoms with van der Waals surface area (Å²) in [5.74, 6) is -0.480. The van der Waals surface area contributed by atoms with Gasteiger partial charge in [-0.25, -0.2) is 0 Å². The van der Waals surface area contributed by atoms with Crippen molar-refractivity contribution in [3.63, 3.8) is 0 Å². The molecule has 2 aliphatic heterocycles. The molecule has 0 radical (unpaired) electrons. The van der Waals surface area contributed by atoms with Crippen LogP contribution in [-0.2, 0) is 23.1 Å². The van der Waals surface area contributed by atoms with E-state index < -0.39 is 39.9 Å². The minimum absolute atomic E-state index is 0.255. The van der Waals surface area contributed by atoms with Crippen molar-refractivity contribution >= 4 is 22.6 Å². The molecule has 0 spiro atoms. The Morgan fingerprint density at radius 3 is 1.97 bits per heavy atom. The highest BCUT2D eigenvalue weighted by Gasteiger charge is 2.76. The van der Waals surface area contributed by atoms with Crippen LogP contribution in [0.25, 0.3) is 0 Å². The summed E-state index contributed by atoms with van der Waals surface area (Å²) in [5, 5.41) is 10.3. The van der Waals surface area contributed by atoms with Crippen molar-refractivity contribution in [2.24, 2.45) is 0 Å². The molecule has 2 fully saturated rings. The van der Waals surface area contributed by atoms with Crippen molar-refractivity contribution in [1.29, 1.82) is 5.26 Å². The molecule has 5 atom stereocenters. The van der Waals surface area contributed by atoms with Crippen LogP contribution in [0.15, 0.2) is 12.7 Å². The van der Waals surface area contributed by atoms with E-state index in [0.717, 1.165) is 36.3 Å². The summed E-state index contributed by atoms with van der Waals surface area (Å²) in [6, 6.07) is 8.33. The van der Waals surface area contributed by atoms with Crippen molar-refractivity contribution in [3.05, 3.63) is 12.7 Å². The lowest BCUT2D eigenvalue weighted by molar-refractivity contribution is -0.179. The first-order valence-electron chi connectivity index (χ1n) is 12.4. The Balaban J connectivity index is 2.64. The molecular weight excluding hydrogens is 438 g/mol. The number of hydrogen-bond acceptors (Lipinski definition) is 6. The van der Waals surface area contributed by atoms with E-state index in [9.17, 15) is 10.1 Å². The molecule has 6 nitrogen and oxygen atoms in total. The molecule has 0 aromatic carbocycles. The van der Waals surface area contributed by atoms with Crippen LogP contribution in [0.2, 0.25) is 36.3 Å². The van der Waals surface area contributed by atoms with E-state index in [0.29, 0.717) is 12.8 Å². The average Bonchev–Trinajstić information content (AvgIpc) is 3.25. The molecule has 2 bridgehead atoms. The van der Waals surface area contributed by atoms with E-state index in [4.69, 9.17) is 18.3 Å². The lowest BCUT2D eigenvalue weighted by atomic mass is 9.70. The number of nitrogens with zero attached hydrogens (tertiary/aromatic N) is 1. The molecule has 0 unspecified atom stereocenters. The summed E-state index contributed by atoms with van der Waals surface area (Å²) in [6.45, 7) is 18.5. The highest BCUT2D eigenvalue weighted by Crippen LogP contribution is 2.57. The fourth-order valence-corrected chi connectivity index (χ4v) is 11.5. The largest absolute Gasteiger partial charge is 0.440 e. The molecule has 182 valence electrons. The van der Waals surface area contributed by atoms with Gasteiger partial charge in [-0.05, 0) is 36.3 Å². The van der Waals surface area contributed by atoms with E-state index >= 15 is 0 Å². The Hall–Kier alpha value is -0.986. The summed E-state index contributed by atoms with van der Waals surface area (Å²) in [4.78, 5) is 12.1. The second-order valence-corrected chi connectivity index (χ2v) is 18.8. The lowest BCUT2D eigenvalue weighted by Gasteiger charge is -2.49. The van der Waals surface area contributed by atoms with Crippen LogP contribution in [0.4, 0.5) is 0 Å². The van der Waals surface area contributed by atoms with Gasteiger partial charge in [-0.1, -0.05) is 47.6 Å². The van der Waals surface area contributed by atoms with Gasteiger partial charge < -0.3 is 18.3 Å². The fourth-order valence-electron chi connectivity index (χ4n) is 5.74. The van der Waals surface area contributed by atoms with Gasteiger partial charge in [0.15, 0.2) is 22.2 Å². The zero-order valence-corrected chi connectivity index (χ0v) is 23.2. The van der Waals surface area contributed by atoms with Crippen molar-refractivity contribution < 1.29 is 23.1 Å². The van der Waals surface area contributed by atoms with Crippen LogP contribution in [0, 0.1) is 11.3 Å². The number of esters is 1. The average molecular weight is 482 g/mol. The third kappa shape index (κ3) is 4.39. The van der Waals surface area contributed by atoms with Gasteiger partial charge in [0, 0.05) is 19.8 Å². The van der Waals surface area contributed by atoms with Gasteiger partial charge in [-0.3, -0.25) is 4.79 Å². The van der Waals surface area contributed by atoms with E-state index in [-0.39, 0.29) is 12.2 Å². The molecule has 2 rings (SSSR count). The molecule has 32 heavy (non-hydrogen) atoms. The number of ether oxygens (including phenoxy) is 2. The molecule has 0 amide bonds. The molecule has 0 aromatic rings. The highest BCUT2D eigenvalue weighted by molar-refractivity contribution is 6.74. The highest BCUT2D eigenvalue weighted by atomic mass is 28.4. The Morgan fingerprint density at radius 1 is 1.06 bits per heavy atom. The van der Waals surface area contributed by atoms with Gasteiger partial charge in [0.05, 0.1) is 12.2 Å². The molecule has 2 heterocycles. The van der Waals surface area contributed by atoms with Gasteiger partial charge in [0.25, 0.3) is 0 Å². The van der Waals surface area contributed by atoms with E-state index in [2.05, 4.69) is 54.2 Å². The van der Waals surface area contributed by atoms with Crippen LogP contribution in [0.5, 0.6) is 0 Å². The summed E-state index contributed by atoms with van der Waals surface area (Å²) < 4.78 is 26.5. The third-order valence-electron chi connectivity index (χ3n) is 8.23. The van der Waals surface area contributed by atoms with E-state index in [1.165, 1.54) is 6.92 Å². The second kappa shape index (κ2) is 10.5. The Kier molecular flexibility index (Phi) is 8.96. The monoisotopic (exact) mass is 481 g/mol. The molecule has 2 aliphatic rings. The van der Waals surface area contributed by atoms with Crippen LogP contribution < -0.4 is 0 Å². The quantitative estimate of drug-likeness (QED) is 0.190. The van der Waals surface area contributed by atoms with Crippen molar-refractivity contribution in [3.8, 4) is 6.07 Å². The first-order valence-corrected chi connectivity index (χ1v) is 17.5. The number of nitriles is 1. The number of carbonyl (C=O) groups is 1. The molecule has 2 saturated heterocycles. The van der Waals surface area contributed by atoms with Crippen LogP contribution >= 0.6 is 0 Å². The maximum absolute atomic E-state index is 12.1. The number of carbonyl (C=O) groups excluding carboxylic acids is 1. The van der Waals surface area contributed by atoms with Crippen LogP contribution in [-0.4, -0.2) is 52.1 Å². The molecule has 0 saturated carbocycles. The minimum atomic E-state index is -2.09. The second-order valence-electron chi connectivity index (χ2n) is 9.38.